The van der Waals surface area contributed by atoms with Crippen LogP contribution >= 0.6 is 0 Å². The van der Waals surface area contributed by atoms with Crippen LogP contribution in [0.3, 0.4) is 0 Å². The lowest BCUT2D eigenvalue weighted by atomic mass is 10.2. The van der Waals surface area contributed by atoms with E-state index in [0.717, 1.165) is 32.7 Å². The Kier molecular flexibility index (Phi) is 3.48. The molecule has 1 heterocycles. The minimum absolute atomic E-state index is 0.190. The first-order valence-corrected chi connectivity index (χ1v) is 4.72. The number of hydrogen-bond acceptors (Lipinski definition) is 2. The van der Waals surface area contributed by atoms with E-state index in [9.17, 15) is 4.79 Å². The van der Waals surface area contributed by atoms with E-state index in [1.807, 2.05) is 11.8 Å². The largest absolute Gasteiger partial charge is 0.340 e. The highest BCUT2D eigenvalue weighted by atomic mass is 16.2. The lowest BCUT2D eigenvalue weighted by Gasteiger charge is -2.34. The van der Waals surface area contributed by atoms with Crippen LogP contribution in [0.15, 0.2) is 12.2 Å². The lowest BCUT2D eigenvalue weighted by Crippen LogP contribution is -2.48. The fourth-order valence-corrected chi connectivity index (χ4v) is 1.60. The zero-order valence-electron chi connectivity index (χ0n) is 8.55. The Morgan fingerprint density at radius 3 is 2.15 bits per heavy atom. The molecule has 74 valence electrons. The zero-order valence-corrected chi connectivity index (χ0v) is 8.55. The fraction of sp³-hybridized carbons (Fsp3) is 0.700. The van der Waals surface area contributed by atoms with Gasteiger partial charge in [-0.25, -0.2) is 0 Å². The number of carbonyl (C=O) groups excluding carboxylic acids is 1. The molecule has 0 atom stereocenters. The number of amides is 1. The minimum Gasteiger partial charge on any atom is -0.340 e. The van der Waals surface area contributed by atoms with Gasteiger partial charge in [-0.2, -0.15) is 0 Å². The van der Waals surface area contributed by atoms with Gasteiger partial charge in [0, 0.05) is 39.6 Å². The molecule has 0 radical (unpaired) electrons. The van der Waals surface area contributed by atoms with Crippen LogP contribution in [-0.2, 0) is 4.79 Å². The summed E-state index contributed by atoms with van der Waals surface area (Å²) in [7, 11) is 0. The second-order valence-electron chi connectivity index (χ2n) is 3.74. The molecule has 0 unspecified atom stereocenters. The summed E-state index contributed by atoms with van der Waals surface area (Å²) in [5.41, 5.74) is 1.19. The van der Waals surface area contributed by atoms with Gasteiger partial charge >= 0.3 is 0 Å². The van der Waals surface area contributed by atoms with E-state index in [0.29, 0.717) is 0 Å². The average molecular weight is 182 g/mol. The van der Waals surface area contributed by atoms with Gasteiger partial charge < -0.3 is 4.90 Å². The molecular weight excluding hydrogens is 164 g/mol. The maximum absolute atomic E-state index is 11.0. The van der Waals surface area contributed by atoms with E-state index in [4.69, 9.17) is 0 Å². The highest BCUT2D eigenvalue weighted by molar-refractivity contribution is 5.73. The van der Waals surface area contributed by atoms with Gasteiger partial charge in [0.2, 0.25) is 5.91 Å². The van der Waals surface area contributed by atoms with Crippen LogP contribution in [0.5, 0.6) is 0 Å². The Hall–Kier alpha value is -0.830. The van der Waals surface area contributed by atoms with Crippen molar-refractivity contribution in [1.29, 1.82) is 0 Å². The first-order chi connectivity index (χ1) is 6.09. The molecule has 0 spiro atoms. The van der Waals surface area contributed by atoms with Crippen LogP contribution in [0.1, 0.15) is 13.8 Å². The summed E-state index contributed by atoms with van der Waals surface area (Å²) in [4.78, 5) is 15.3. The third-order valence-corrected chi connectivity index (χ3v) is 2.31. The standard InChI is InChI=1S/C10H18N2O/c1-9(2)8-11-4-6-12(7-5-11)10(3)13/h1,4-8H2,2-3H3. The van der Waals surface area contributed by atoms with Crippen molar-refractivity contribution in [3.05, 3.63) is 12.2 Å². The van der Waals surface area contributed by atoms with Crippen molar-refractivity contribution >= 4 is 5.91 Å². The van der Waals surface area contributed by atoms with Crippen LogP contribution in [0.4, 0.5) is 0 Å². The number of rotatable bonds is 2. The van der Waals surface area contributed by atoms with Crippen molar-refractivity contribution in [2.75, 3.05) is 32.7 Å². The molecule has 1 fully saturated rings. The summed E-state index contributed by atoms with van der Waals surface area (Å²) in [5.74, 6) is 0.190. The molecule has 1 saturated heterocycles. The molecule has 0 bridgehead atoms. The van der Waals surface area contributed by atoms with E-state index in [1.165, 1.54) is 5.57 Å². The second kappa shape index (κ2) is 4.42. The van der Waals surface area contributed by atoms with E-state index in [2.05, 4.69) is 11.5 Å². The summed E-state index contributed by atoms with van der Waals surface area (Å²) in [5, 5.41) is 0. The number of carbonyl (C=O) groups is 1. The minimum atomic E-state index is 0.190. The van der Waals surface area contributed by atoms with Crippen molar-refractivity contribution in [3.63, 3.8) is 0 Å². The van der Waals surface area contributed by atoms with Crippen LogP contribution in [0, 0.1) is 0 Å². The monoisotopic (exact) mass is 182 g/mol. The highest BCUT2D eigenvalue weighted by Crippen LogP contribution is 2.03. The molecule has 1 amide bonds. The second-order valence-corrected chi connectivity index (χ2v) is 3.74. The summed E-state index contributed by atoms with van der Waals surface area (Å²) in [6, 6.07) is 0. The number of nitrogens with zero attached hydrogens (tertiary/aromatic N) is 2. The van der Waals surface area contributed by atoms with Crippen molar-refractivity contribution in [2.24, 2.45) is 0 Å². The maximum Gasteiger partial charge on any atom is 0.219 e. The van der Waals surface area contributed by atoms with E-state index >= 15 is 0 Å². The molecule has 13 heavy (non-hydrogen) atoms. The highest BCUT2D eigenvalue weighted by Gasteiger charge is 2.17. The van der Waals surface area contributed by atoms with Crippen LogP contribution in [0.2, 0.25) is 0 Å². The van der Waals surface area contributed by atoms with E-state index in [-0.39, 0.29) is 5.91 Å². The van der Waals surface area contributed by atoms with E-state index in [1.54, 1.807) is 6.92 Å². The molecule has 0 aromatic rings. The van der Waals surface area contributed by atoms with Gasteiger partial charge in [-0.3, -0.25) is 9.69 Å². The van der Waals surface area contributed by atoms with Crippen molar-refractivity contribution in [3.8, 4) is 0 Å². The first-order valence-electron chi connectivity index (χ1n) is 4.72. The summed E-state index contributed by atoms with van der Waals surface area (Å²) in [6.45, 7) is 12.2. The van der Waals surface area contributed by atoms with Gasteiger partial charge in [0.05, 0.1) is 0 Å². The fourth-order valence-electron chi connectivity index (χ4n) is 1.60. The predicted octanol–water partition coefficient (Wildman–Crippen LogP) is 0.727. The molecule has 1 aliphatic rings. The Bertz CT molecular complexity index is 205. The van der Waals surface area contributed by atoms with Gasteiger partial charge in [-0.15, -0.1) is 0 Å². The molecule has 0 aliphatic carbocycles. The Balaban J connectivity index is 2.30. The molecule has 0 aromatic carbocycles. The third kappa shape index (κ3) is 3.19. The maximum atomic E-state index is 11.0. The number of piperazine rings is 1. The van der Waals surface area contributed by atoms with Gasteiger partial charge in [0.15, 0.2) is 0 Å². The van der Waals surface area contributed by atoms with Crippen LogP contribution in [-0.4, -0.2) is 48.4 Å². The van der Waals surface area contributed by atoms with Gasteiger partial charge in [0.25, 0.3) is 0 Å². The summed E-state index contributed by atoms with van der Waals surface area (Å²) in [6.07, 6.45) is 0. The molecule has 0 saturated carbocycles. The molecule has 0 aromatic heterocycles. The molecule has 0 N–H and O–H groups in total. The SMILES string of the molecule is C=C(C)CN1CCN(C(C)=O)CC1. The molecule has 1 rings (SSSR count). The quantitative estimate of drug-likeness (QED) is 0.588. The number of hydrogen-bond donors (Lipinski definition) is 0. The van der Waals surface area contributed by atoms with Crippen molar-refractivity contribution in [1.82, 2.24) is 9.80 Å². The van der Waals surface area contributed by atoms with Crippen LogP contribution < -0.4 is 0 Å². The first kappa shape index (κ1) is 10.3. The zero-order chi connectivity index (χ0) is 9.84. The van der Waals surface area contributed by atoms with Gasteiger partial charge in [-0.05, 0) is 6.92 Å². The Labute approximate surface area is 80.0 Å². The Morgan fingerprint density at radius 1 is 1.23 bits per heavy atom. The van der Waals surface area contributed by atoms with Gasteiger partial charge in [-0.1, -0.05) is 12.2 Å². The molecule has 3 nitrogen and oxygen atoms in total. The average Bonchev–Trinajstić information content (AvgIpc) is 2.04. The Morgan fingerprint density at radius 2 is 1.77 bits per heavy atom. The predicted molar refractivity (Wildman–Crippen MR) is 53.5 cm³/mol. The summed E-state index contributed by atoms with van der Waals surface area (Å²) >= 11 is 0. The van der Waals surface area contributed by atoms with Crippen molar-refractivity contribution < 1.29 is 4.79 Å². The normalized spacial score (nSPS) is 18.8. The van der Waals surface area contributed by atoms with Crippen molar-refractivity contribution in [2.45, 2.75) is 13.8 Å². The lowest BCUT2D eigenvalue weighted by molar-refractivity contribution is -0.130. The molecule has 1 aliphatic heterocycles. The topological polar surface area (TPSA) is 23.6 Å². The van der Waals surface area contributed by atoms with Gasteiger partial charge in [0.1, 0.15) is 0 Å². The molecular formula is C10H18N2O. The smallest absolute Gasteiger partial charge is 0.219 e. The van der Waals surface area contributed by atoms with Crippen LogP contribution in [0.25, 0.3) is 0 Å². The summed E-state index contributed by atoms with van der Waals surface area (Å²) < 4.78 is 0. The molecule has 3 heteroatoms. The third-order valence-electron chi connectivity index (χ3n) is 2.31. The van der Waals surface area contributed by atoms with E-state index < -0.39 is 0 Å².